The van der Waals surface area contributed by atoms with Crippen molar-refractivity contribution in [3.63, 3.8) is 0 Å². The predicted molar refractivity (Wildman–Crippen MR) is 66.8 cm³/mol. The van der Waals surface area contributed by atoms with E-state index >= 15 is 0 Å². The normalized spacial score (nSPS) is 15.2. The number of hydrogen-bond acceptors (Lipinski definition) is 5. The fourth-order valence-corrected chi connectivity index (χ4v) is 4.49. The van der Waals surface area contributed by atoms with Crippen LogP contribution in [0.3, 0.4) is 0 Å². The minimum absolute atomic E-state index is 0.0351. The highest BCUT2D eigenvalue weighted by atomic mass is 28.4. The van der Waals surface area contributed by atoms with E-state index in [1.54, 1.807) is 13.8 Å². The van der Waals surface area contributed by atoms with Crippen LogP contribution in [-0.4, -0.2) is 33.8 Å². The van der Waals surface area contributed by atoms with E-state index in [-0.39, 0.29) is 6.04 Å². The van der Waals surface area contributed by atoms with Gasteiger partial charge in [0.25, 0.3) is 0 Å². The lowest BCUT2D eigenvalue weighted by Gasteiger charge is -2.35. The van der Waals surface area contributed by atoms with Crippen LogP contribution in [0.4, 0.5) is 0 Å². The average Bonchev–Trinajstić information content (AvgIpc) is 1.98. The van der Waals surface area contributed by atoms with Crippen LogP contribution in [-0.2, 0) is 13.3 Å². The monoisotopic (exact) mass is 250 g/mol. The zero-order valence-corrected chi connectivity index (χ0v) is 12.1. The fraction of sp³-hybridized carbons (Fsp3) is 1.00. The van der Waals surface area contributed by atoms with Crippen LogP contribution in [0.1, 0.15) is 34.6 Å². The molecule has 0 bridgehead atoms. The second kappa shape index (κ2) is 6.68. The molecule has 4 N–H and O–H groups in total. The van der Waals surface area contributed by atoms with Crippen molar-refractivity contribution >= 4 is 8.80 Å². The second-order valence-electron chi connectivity index (χ2n) is 4.44. The Labute approximate surface area is 99.8 Å². The smallest absolute Gasteiger partial charge is 0.374 e. The molecule has 0 aliphatic heterocycles. The standard InChI is InChI=1S/C10H26N2O3Si/c1-6-13-16(14-7-2,8-9(3)11)15-10(4,5)12/h9H,6-8,11-12H2,1-5H3. The van der Waals surface area contributed by atoms with Crippen LogP contribution in [0.15, 0.2) is 0 Å². The van der Waals surface area contributed by atoms with Crippen molar-refractivity contribution in [3.8, 4) is 0 Å². The van der Waals surface area contributed by atoms with Crippen LogP contribution < -0.4 is 11.5 Å². The molecule has 0 aromatic heterocycles. The molecule has 5 nitrogen and oxygen atoms in total. The van der Waals surface area contributed by atoms with Gasteiger partial charge in [-0.25, -0.2) is 0 Å². The van der Waals surface area contributed by atoms with Gasteiger partial charge in [-0.05, 0) is 34.6 Å². The lowest BCUT2D eigenvalue weighted by Crippen LogP contribution is -2.56. The Balaban J connectivity index is 4.77. The van der Waals surface area contributed by atoms with E-state index in [4.69, 9.17) is 24.7 Å². The van der Waals surface area contributed by atoms with Crippen molar-refractivity contribution in [2.24, 2.45) is 11.5 Å². The summed E-state index contributed by atoms with van der Waals surface area (Å²) < 4.78 is 17.2. The van der Waals surface area contributed by atoms with Gasteiger partial charge in [-0.1, -0.05) is 0 Å². The van der Waals surface area contributed by atoms with E-state index in [0.717, 1.165) is 0 Å². The van der Waals surface area contributed by atoms with Gasteiger partial charge in [0.2, 0.25) is 0 Å². The summed E-state index contributed by atoms with van der Waals surface area (Å²) in [6, 6.07) is 0.544. The van der Waals surface area contributed by atoms with Crippen molar-refractivity contribution in [1.82, 2.24) is 0 Å². The molecule has 0 aliphatic carbocycles. The van der Waals surface area contributed by atoms with Gasteiger partial charge in [0, 0.05) is 25.3 Å². The second-order valence-corrected chi connectivity index (χ2v) is 6.99. The zero-order valence-electron chi connectivity index (χ0n) is 11.1. The van der Waals surface area contributed by atoms with Crippen molar-refractivity contribution in [2.75, 3.05) is 13.2 Å². The average molecular weight is 250 g/mol. The maximum Gasteiger partial charge on any atom is 0.503 e. The van der Waals surface area contributed by atoms with Crippen molar-refractivity contribution in [2.45, 2.75) is 52.4 Å². The Hall–Kier alpha value is 0.0169. The molecule has 1 atom stereocenters. The maximum atomic E-state index is 5.87. The first kappa shape index (κ1) is 16.0. The van der Waals surface area contributed by atoms with Gasteiger partial charge < -0.3 is 24.7 Å². The van der Waals surface area contributed by atoms with E-state index in [1.165, 1.54) is 0 Å². The van der Waals surface area contributed by atoms with E-state index in [0.29, 0.717) is 19.3 Å². The summed E-state index contributed by atoms with van der Waals surface area (Å²) in [7, 11) is -2.74. The molecule has 0 radical (unpaired) electrons. The van der Waals surface area contributed by atoms with Crippen LogP contribution in [0.5, 0.6) is 0 Å². The van der Waals surface area contributed by atoms with E-state index < -0.39 is 14.5 Å². The van der Waals surface area contributed by atoms with E-state index in [2.05, 4.69) is 0 Å². The van der Waals surface area contributed by atoms with Crippen LogP contribution in [0.25, 0.3) is 0 Å². The molecule has 0 spiro atoms. The first-order chi connectivity index (χ1) is 7.24. The molecule has 98 valence electrons. The van der Waals surface area contributed by atoms with Crippen LogP contribution >= 0.6 is 0 Å². The third kappa shape index (κ3) is 6.57. The summed E-state index contributed by atoms with van der Waals surface area (Å²) in [4.78, 5) is 0. The van der Waals surface area contributed by atoms with Gasteiger partial charge in [0.15, 0.2) is 0 Å². The highest BCUT2D eigenvalue weighted by molar-refractivity contribution is 6.61. The molecular weight excluding hydrogens is 224 g/mol. The van der Waals surface area contributed by atoms with Crippen molar-refractivity contribution in [3.05, 3.63) is 0 Å². The third-order valence-electron chi connectivity index (χ3n) is 1.72. The third-order valence-corrected chi connectivity index (χ3v) is 5.16. The Morgan fingerprint density at radius 1 is 1.19 bits per heavy atom. The number of nitrogens with two attached hydrogens (primary N) is 2. The van der Waals surface area contributed by atoms with Gasteiger partial charge in [-0.2, -0.15) is 0 Å². The van der Waals surface area contributed by atoms with Crippen molar-refractivity contribution in [1.29, 1.82) is 0 Å². The summed E-state index contributed by atoms with van der Waals surface area (Å²) >= 11 is 0. The molecule has 0 aromatic carbocycles. The zero-order chi connectivity index (χ0) is 12.8. The first-order valence-corrected chi connectivity index (χ1v) is 7.70. The van der Waals surface area contributed by atoms with E-state index in [9.17, 15) is 0 Å². The van der Waals surface area contributed by atoms with Crippen LogP contribution in [0.2, 0.25) is 6.04 Å². The van der Waals surface area contributed by atoms with Gasteiger partial charge in [-0.3, -0.25) is 0 Å². The quantitative estimate of drug-likeness (QED) is 0.497. The Morgan fingerprint density at radius 3 is 1.88 bits per heavy atom. The molecule has 0 saturated carbocycles. The largest absolute Gasteiger partial charge is 0.503 e. The molecule has 16 heavy (non-hydrogen) atoms. The van der Waals surface area contributed by atoms with Gasteiger partial charge in [0.05, 0.1) is 0 Å². The molecule has 0 aliphatic rings. The molecule has 0 rings (SSSR count). The summed E-state index contributed by atoms with van der Waals surface area (Å²) in [5, 5.41) is 0. The molecule has 6 heteroatoms. The summed E-state index contributed by atoms with van der Waals surface area (Å²) in [6.07, 6.45) is 0. The fourth-order valence-electron chi connectivity index (χ4n) is 1.50. The highest BCUT2D eigenvalue weighted by Gasteiger charge is 2.45. The maximum absolute atomic E-state index is 5.87. The van der Waals surface area contributed by atoms with Gasteiger partial charge >= 0.3 is 8.80 Å². The van der Waals surface area contributed by atoms with E-state index in [1.807, 2.05) is 20.8 Å². The van der Waals surface area contributed by atoms with Crippen molar-refractivity contribution < 1.29 is 13.3 Å². The lowest BCUT2D eigenvalue weighted by molar-refractivity contribution is -0.00750. The Bertz CT molecular complexity index is 189. The molecule has 0 heterocycles. The number of hydrogen-bond donors (Lipinski definition) is 2. The molecule has 1 unspecified atom stereocenters. The molecule has 0 saturated heterocycles. The SMILES string of the molecule is CCO[Si](CC(C)N)(OCC)OC(C)(C)N. The summed E-state index contributed by atoms with van der Waals surface area (Å²) in [6.45, 7) is 10.4. The molecule has 0 fully saturated rings. The van der Waals surface area contributed by atoms with Crippen LogP contribution in [0, 0.1) is 0 Å². The summed E-state index contributed by atoms with van der Waals surface area (Å²) in [5.41, 5.74) is 10.9. The minimum Gasteiger partial charge on any atom is -0.374 e. The Morgan fingerprint density at radius 2 is 1.62 bits per heavy atom. The summed E-state index contributed by atoms with van der Waals surface area (Å²) in [5.74, 6) is 0. The molecular formula is C10H26N2O3Si. The van der Waals surface area contributed by atoms with Gasteiger partial charge in [-0.15, -0.1) is 0 Å². The lowest BCUT2D eigenvalue weighted by atomic mass is 10.4. The minimum atomic E-state index is -2.74. The number of rotatable bonds is 8. The topological polar surface area (TPSA) is 79.7 Å². The predicted octanol–water partition coefficient (Wildman–Crippen LogP) is 1.06. The molecule has 0 aromatic rings. The first-order valence-electron chi connectivity index (χ1n) is 5.77. The highest BCUT2D eigenvalue weighted by Crippen LogP contribution is 2.21. The Kier molecular flexibility index (Phi) is 6.69. The van der Waals surface area contributed by atoms with Gasteiger partial charge in [0.1, 0.15) is 5.72 Å². The molecule has 0 amide bonds.